The predicted octanol–water partition coefficient (Wildman–Crippen LogP) is 3.73. The Balaban J connectivity index is 2.21. The monoisotopic (exact) mass is 410 g/mol. The third-order valence-electron chi connectivity index (χ3n) is 5.08. The van der Waals surface area contributed by atoms with Crippen molar-refractivity contribution in [1.29, 1.82) is 0 Å². The average Bonchev–Trinajstić information content (AvgIpc) is 2.73. The van der Waals surface area contributed by atoms with E-state index >= 15 is 0 Å². The zero-order valence-electron chi connectivity index (χ0n) is 16.7. The number of hydrogen-bond acceptors (Lipinski definition) is 5. The second-order valence-electron chi connectivity index (χ2n) is 6.73. The molecule has 1 aliphatic rings. The first-order chi connectivity index (χ1) is 13.9. The first-order valence-electron chi connectivity index (χ1n) is 9.31. The van der Waals surface area contributed by atoms with E-state index < -0.39 is 17.8 Å². The second-order valence-corrected chi connectivity index (χ2v) is 6.73. The predicted molar refractivity (Wildman–Crippen MR) is 104 cm³/mol. The van der Waals surface area contributed by atoms with Gasteiger partial charge in [0.15, 0.2) is 11.5 Å². The lowest BCUT2D eigenvalue weighted by Crippen LogP contribution is -2.45. The smallest absolute Gasteiger partial charge is 0.416 e. The summed E-state index contributed by atoms with van der Waals surface area (Å²) in [6, 6.07) is 8.56. The number of alkyl halides is 3. The van der Waals surface area contributed by atoms with Crippen LogP contribution in [-0.2, 0) is 6.18 Å². The number of rotatable bonds is 6. The van der Waals surface area contributed by atoms with Crippen molar-refractivity contribution in [2.24, 2.45) is 0 Å². The molecular weight excluding hydrogens is 385 g/mol. The maximum Gasteiger partial charge on any atom is 0.416 e. The van der Waals surface area contributed by atoms with Gasteiger partial charge in [-0.15, -0.1) is 0 Å². The number of ether oxygens (including phenoxy) is 3. The summed E-state index contributed by atoms with van der Waals surface area (Å²) in [4.78, 5) is 2.04. The Morgan fingerprint density at radius 1 is 0.931 bits per heavy atom. The molecule has 1 unspecified atom stereocenters. The van der Waals surface area contributed by atoms with Gasteiger partial charge in [0.05, 0.1) is 32.9 Å². The number of nitrogens with one attached hydrogen (secondary N) is 1. The summed E-state index contributed by atoms with van der Waals surface area (Å²) in [5, 5.41) is 3.25. The van der Waals surface area contributed by atoms with E-state index in [0.717, 1.165) is 6.07 Å². The van der Waals surface area contributed by atoms with Crippen molar-refractivity contribution in [3.8, 4) is 17.2 Å². The van der Waals surface area contributed by atoms with Gasteiger partial charge in [-0.25, -0.2) is 0 Å². The number of nitrogens with zero attached hydrogens (tertiary/aromatic N) is 1. The van der Waals surface area contributed by atoms with Gasteiger partial charge in [-0.05, 0) is 29.3 Å². The maximum absolute atomic E-state index is 13.8. The van der Waals surface area contributed by atoms with Crippen molar-refractivity contribution in [2.75, 3.05) is 47.5 Å². The molecule has 8 heteroatoms. The number of methoxy groups -OCH3 is 3. The molecule has 0 aliphatic carbocycles. The molecule has 2 aromatic carbocycles. The van der Waals surface area contributed by atoms with Gasteiger partial charge in [0.25, 0.3) is 0 Å². The summed E-state index contributed by atoms with van der Waals surface area (Å²) in [6.07, 6.45) is -4.45. The molecule has 29 heavy (non-hydrogen) atoms. The van der Waals surface area contributed by atoms with E-state index in [9.17, 15) is 13.2 Å². The zero-order chi connectivity index (χ0) is 21.0. The quantitative estimate of drug-likeness (QED) is 0.786. The average molecular weight is 410 g/mol. The van der Waals surface area contributed by atoms with Crippen LogP contribution in [0.15, 0.2) is 36.4 Å². The molecule has 0 amide bonds. The Bertz CT molecular complexity index is 811. The highest BCUT2D eigenvalue weighted by molar-refractivity contribution is 5.56. The molecule has 158 valence electrons. The standard InChI is InChI=1S/C21H25F3N2O3/c1-27-17-12-14(13-18(28-2)20(17)29-3)19(26-10-8-25-9-11-26)15-6-4-5-7-16(15)21(22,23)24/h4-7,12-13,19,25H,8-11H2,1-3H3. The van der Waals surface area contributed by atoms with Gasteiger partial charge in [-0.1, -0.05) is 18.2 Å². The van der Waals surface area contributed by atoms with E-state index in [1.165, 1.54) is 27.4 Å². The molecule has 2 aromatic rings. The number of halogens is 3. The Kier molecular flexibility index (Phi) is 6.54. The van der Waals surface area contributed by atoms with E-state index in [2.05, 4.69) is 5.32 Å². The number of benzene rings is 2. The fourth-order valence-corrected chi connectivity index (χ4v) is 3.78. The largest absolute Gasteiger partial charge is 0.493 e. The fourth-order valence-electron chi connectivity index (χ4n) is 3.78. The molecule has 3 rings (SSSR count). The summed E-state index contributed by atoms with van der Waals surface area (Å²) in [5.74, 6) is 1.22. The van der Waals surface area contributed by atoms with Crippen LogP contribution in [0, 0.1) is 0 Å². The molecule has 0 spiro atoms. The van der Waals surface area contributed by atoms with Crippen LogP contribution in [0.25, 0.3) is 0 Å². The summed E-state index contributed by atoms with van der Waals surface area (Å²) in [7, 11) is 4.47. The lowest BCUT2D eigenvalue weighted by atomic mass is 9.91. The third kappa shape index (κ3) is 4.43. The topological polar surface area (TPSA) is 43.0 Å². The van der Waals surface area contributed by atoms with E-state index in [4.69, 9.17) is 14.2 Å². The molecule has 0 radical (unpaired) electrons. The highest BCUT2D eigenvalue weighted by Gasteiger charge is 2.37. The van der Waals surface area contributed by atoms with E-state index in [1.54, 1.807) is 24.3 Å². The summed E-state index contributed by atoms with van der Waals surface area (Å²) in [5.41, 5.74) is 0.214. The molecule has 0 bridgehead atoms. The van der Waals surface area contributed by atoms with Crippen LogP contribution < -0.4 is 19.5 Å². The molecule has 1 fully saturated rings. The van der Waals surface area contributed by atoms with Gasteiger partial charge in [0.2, 0.25) is 5.75 Å². The fraction of sp³-hybridized carbons (Fsp3) is 0.429. The van der Waals surface area contributed by atoms with Gasteiger partial charge in [0.1, 0.15) is 0 Å². The highest BCUT2D eigenvalue weighted by atomic mass is 19.4. The van der Waals surface area contributed by atoms with Gasteiger partial charge in [-0.3, -0.25) is 4.90 Å². The molecular formula is C21H25F3N2O3. The van der Waals surface area contributed by atoms with Gasteiger partial charge < -0.3 is 19.5 Å². The maximum atomic E-state index is 13.8. The third-order valence-corrected chi connectivity index (χ3v) is 5.08. The molecule has 0 saturated carbocycles. The second kappa shape index (κ2) is 8.92. The van der Waals surface area contributed by atoms with Crippen LogP contribution in [0.4, 0.5) is 13.2 Å². The number of piperazine rings is 1. The SMILES string of the molecule is COc1cc(C(c2ccccc2C(F)(F)F)N2CCNCC2)cc(OC)c1OC. The molecule has 1 N–H and O–H groups in total. The van der Waals surface area contributed by atoms with Crippen LogP contribution >= 0.6 is 0 Å². The minimum atomic E-state index is -4.45. The highest BCUT2D eigenvalue weighted by Crippen LogP contribution is 2.44. The summed E-state index contributed by atoms with van der Waals surface area (Å²) < 4.78 is 57.6. The Hall–Kier alpha value is -2.45. The Labute approximate surface area is 168 Å². The van der Waals surface area contributed by atoms with Crippen LogP contribution in [0.3, 0.4) is 0 Å². The zero-order valence-corrected chi connectivity index (χ0v) is 16.7. The lowest BCUT2D eigenvalue weighted by molar-refractivity contribution is -0.138. The first kappa shape index (κ1) is 21.3. The van der Waals surface area contributed by atoms with Crippen molar-refractivity contribution < 1.29 is 27.4 Å². The van der Waals surface area contributed by atoms with E-state index in [0.29, 0.717) is 49.0 Å². The van der Waals surface area contributed by atoms with Crippen LogP contribution in [0.2, 0.25) is 0 Å². The van der Waals surface area contributed by atoms with Gasteiger partial charge in [0, 0.05) is 26.2 Å². The van der Waals surface area contributed by atoms with Crippen LogP contribution in [0.1, 0.15) is 22.7 Å². The van der Waals surface area contributed by atoms with E-state index in [-0.39, 0.29) is 5.56 Å². The Morgan fingerprint density at radius 3 is 2.03 bits per heavy atom. The molecule has 1 saturated heterocycles. The van der Waals surface area contributed by atoms with Gasteiger partial charge in [-0.2, -0.15) is 13.2 Å². The van der Waals surface area contributed by atoms with Crippen LogP contribution in [-0.4, -0.2) is 52.4 Å². The summed E-state index contributed by atoms with van der Waals surface area (Å²) >= 11 is 0. The number of hydrogen-bond donors (Lipinski definition) is 1. The minimum absolute atomic E-state index is 0.205. The van der Waals surface area contributed by atoms with Crippen LogP contribution in [0.5, 0.6) is 17.2 Å². The molecule has 5 nitrogen and oxygen atoms in total. The normalized spacial score (nSPS) is 16.3. The molecule has 1 atom stereocenters. The van der Waals surface area contributed by atoms with Crippen molar-refractivity contribution >= 4 is 0 Å². The molecule has 1 aliphatic heterocycles. The van der Waals surface area contributed by atoms with Crippen molar-refractivity contribution in [1.82, 2.24) is 10.2 Å². The van der Waals surface area contributed by atoms with Gasteiger partial charge >= 0.3 is 6.18 Å². The summed E-state index contributed by atoms with van der Waals surface area (Å²) in [6.45, 7) is 2.64. The molecule has 1 heterocycles. The minimum Gasteiger partial charge on any atom is -0.493 e. The van der Waals surface area contributed by atoms with E-state index in [1.807, 2.05) is 4.90 Å². The Morgan fingerprint density at radius 2 is 1.52 bits per heavy atom. The molecule has 0 aromatic heterocycles. The lowest BCUT2D eigenvalue weighted by Gasteiger charge is -2.37. The first-order valence-corrected chi connectivity index (χ1v) is 9.31. The van der Waals surface area contributed by atoms with Crippen molar-refractivity contribution in [2.45, 2.75) is 12.2 Å². The van der Waals surface area contributed by atoms with Crippen molar-refractivity contribution in [3.05, 3.63) is 53.1 Å². The van der Waals surface area contributed by atoms with Crippen molar-refractivity contribution in [3.63, 3.8) is 0 Å².